The smallest absolute Gasteiger partial charge is 0.322 e. The Labute approximate surface area is 148 Å². The predicted molar refractivity (Wildman–Crippen MR) is 86.4 cm³/mol. The van der Waals surface area contributed by atoms with Gasteiger partial charge in [0.25, 0.3) is 0 Å². The van der Waals surface area contributed by atoms with Crippen molar-refractivity contribution in [1.82, 2.24) is 10.6 Å². The number of amides is 2. The summed E-state index contributed by atoms with van der Waals surface area (Å²) in [6.07, 6.45) is -0.585. The first-order valence-corrected chi connectivity index (χ1v) is 7.74. The lowest BCUT2D eigenvalue weighted by molar-refractivity contribution is -0.139. The summed E-state index contributed by atoms with van der Waals surface area (Å²) >= 11 is 0.385. The number of carbonyl (C=O) groups is 4. The second kappa shape index (κ2) is 11.6. The molecule has 138 valence electrons. The molecule has 24 heavy (non-hydrogen) atoms. The molecule has 0 aliphatic rings. The van der Waals surface area contributed by atoms with Gasteiger partial charge < -0.3 is 31.7 Å². The molecule has 0 rings (SSSR count). The predicted octanol–water partition coefficient (Wildman–Crippen LogP) is -2.02. The third-order valence-electron chi connectivity index (χ3n) is 2.63. The Bertz CT molecular complexity index is 593. The van der Waals surface area contributed by atoms with Crippen LogP contribution in [0, 0.1) is 0 Å². The Morgan fingerprint density at radius 2 is 2.00 bits per heavy atom. The summed E-state index contributed by atoms with van der Waals surface area (Å²) in [6, 6.07) is -2.72. The third-order valence-corrected chi connectivity index (χ3v) is 3.61. The number of carboxylic acids is 2. The molecule has 0 aromatic rings. The van der Waals surface area contributed by atoms with Gasteiger partial charge in [0, 0.05) is 22.9 Å². The highest BCUT2D eigenvalue weighted by Gasteiger charge is 2.23. The van der Waals surface area contributed by atoms with Gasteiger partial charge in [-0.25, -0.2) is 0 Å². The molecule has 0 aromatic carbocycles. The third kappa shape index (κ3) is 10.0. The molecule has 10 nitrogen and oxygen atoms in total. The molecule has 0 saturated carbocycles. The first-order valence-electron chi connectivity index (χ1n) is 8.75. The molecule has 7 N–H and O–H groups in total. The first kappa shape index (κ1) is 15.7. The van der Waals surface area contributed by atoms with E-state index < -0.39 is 66.8 Å². The second-order valence-corrected chi connectivity index (χ2v) is 5.72. The lowest BCUT2D eigenvalue weighted by Crippen LogP contribution is -2.49. The van der Waals surface area contributed by atoms with Crippen LogP contribution in [-0.2, 0) is 19.2 Å². The number of nitrogens with one attached hydrogen (secondary N) is 2. The fourth-order valence-electron chi connectivity index (χ4n) is 1.37. The zero-order valence-electron chi connectivity index (χ0n) is 16.7. The largest absolute Gasteiger partial charge is 0.480 e. The minimum atomic E-state index is -2.90. The molecule has 2 amide bonds. The zero-order valence-corrected chi connectivity index (χ0v) is 13.5. The van der Waals surface area contributed by atoms with E-state index in [4.69, 9.17) is 21.4 Å². The monoisotopic (exact) mass is 369 g/mol. The summed E-state index contributed by atoms with van der Waals surface area (Å²) in [5, 5.41) is 28.4. The molecular formula is C13H23N3O7S. The number of aliphatic carboxylic acids is 2. The molecule has 0 aromatic heterocycles. The fraction of sp³-hybridized carbons (Fsp3) is 0.692. The number of carboxylic acid groups (broad SMARTS) is 2. The van der Waals surface area contributed by atoms with Crippen molar-refractivity contribution in [3.63, 3.8) is 0 Å². The maximum atomic E-state index is 12.1. The van der Waals surface area contributed by atoms with Gasteiger partial charge >= 0.3 is 11.9 Å². The van der Waals surface area contributed by atoms with E-state index in [0.29, 0.717) is 11.8 Å². The standard InChI is InChI=1S/C13H23N3O7S/c1-7(5-17)24-6-9(12(21)15-4-11(19)20)16-10(18)3-2-8(14)13(22)23/h7-9,17H,2-6,14H2,1H3,(H,15,21)(H,16,18)(H,19,20)(H,22,23)/t7?,8-,9-/m0/s1/i1D3,7D. The number of rotatable bonds is 12. The summed E-state index contributed by atoms with van der Waals surface area (Å²) in [7, 11) is 0. The second-order valence-electron chi connectivity index (χ2n) is 4.61. The number of hydrogen-bond acceptors (Lipinski definition) is 7. The van der Waals surface area contributed by atoms with E-state index in [1.807, 2.05) is 5.32 Å². The normalized spacial score (nSPS) is 18.6. The SMILES string of the molecule is [2H]C([2H])([2H])C([2H])(CO)SC[C@H](NC(=O)CC[C@H](N)C(=O)O)C(=O)NCC(=O)O. The minimum Gasteiger partial charge on any atom is -0.480 e. The highest BCUT2D eigenvalue weighted by Crippen LogP contribution is 2.11. The number of thioether (sulfide) groups is 1. The minimum absolute atomic E-state index is 0.230. The van der Waals surface area contributed by atoms with Gasteiger partial charge in [0.05, 0.1) is 6.61 Å². The number of hydrogen-bond donors (Lipinski definition) is 6. The highest BCUT2D eigenvalue weighted by atomic mass is 32.2. The molecule has 0 spiro atoms. The maximum absolute atomic E-state index is 12.1. The number of nitrogens with two attached hydrogens (primary N) is 1. The maximum Gasteiger partial charge on any atom is 0.322 e. The van der Waals surface area contributed by atoms with Crippen molar-refractivity contribution in [1.29, 1.82) is 0 Å². The van der Waals surface area contributed by atoms with Crippen molar-refractivity contribution >= 4 is 35.5 Å². The highest BCUT2D eigenvalue weighted by molar-refractivity contribution is 7.99. The van der Waals surface area contributed by atoms with E-state index in [1.54, 1.807) is 0 Å². The van der Waals surface area contributed by atoms with Crippen LogP contribution in [0.1, 0.15) is 25.2 Å². The van der Waals surface area contributed by atoms with Gasteiger partial charge in [-0.1, -0.05) is 6.85 Å². The summed E-state index contributed by atoms with van der Waals surface area (Å²) in [4.78, 5) is 45.3. The van der Waals surface area contributed by atoms with Crippen molar-refractivity contribution < 1.29 is 40.0 Å². The van der Waals surface area contributed by atoms with Gasteiger partial charge in [0.1, 0.15) is 18.6 Å². The molecule has 11 heteroatoms. The van der Waals surface area contributed by atoms with Gasteiger partial charge in [-0.2, -0.15) is 11.8 Å². The Morgan fingerprint density at radius 3 is 2.50 bits per heavy atom. The lowest BCUT2D eigenvalue weighted by Gasteiger charge is -2.19. The van der Waals surface area contributed by atoms with Crippen molar-refractivity contribution in [3.8, 4) is 0 Å². The Balaban J connectivity index is 5.10. The van der Waals surface area contributed by atoms with E-state index in [9.17, 15) is 24.3 Å². The van der Waals surface area contributed by atoms with E-state index in [-0.39, 0.29) is 12.8 Å². The summed E-state index contributed by atoms with van der Waals surface area (Å²) in [5.41, 5.74) is 5.27. The molecule has 0 saturated heterocycles. The quantitative estimate of drug-likeness (QED) is 0.226. The molecular weight excluding hydrogens is 342 g/mol. The van der Waals surface area contributed by atoms with Crippen LogP contribution in [0.25, 0.3) is 0 Å². The Morgan fingerprint density at radius 1 is 1.33 bits per heavy atom. The van der Waals surface area contributed by atoms with Gasteiger partial charge in [-0.3, -0.25) is 19.2 Å². The number of carbonyl (C=O) groups excluding carboxylic acids is 2. The van der Waals surface area contributed by atoms with Crippen LogP contribution in [0.15, 0.2) is 0 Å². The van der Waals surface area contributed by atoms with Gasteiger partial charge in [-0.05, 0) is 6.42 Å². The average Bonchev–Trinajstić information content (AvgIpc) is 2.59. The van der Waals surface area contributed by atoms with Crippen molar-refractivity contribution in [2.75, 3.05) is 18.9 Å². The lowest BCUT2D eigenvalue weighted by atomic mass is 10.1. The van der Waals surface area contributed by atoms with Crippen molar-refractivity contribution in [2.45, 2.75) is 37.0 Å². The van der Waals surface area contributed by atoms with Crippen molar-refractivity contribution in [2.24, 2.45) is 5.73 Å². The molecule has 0 aliphatic carbocycles. The Hall–Kier alpha value is -1.85. The van der Waals surface area contributed by atoms with Crippen LogP contribution in [0.4, 0.5) is 0 Å². The Kier molecular flexibility index (Phi) is 7.60. The molecule has 1 unspecified atom stereocenters. The van der Waals surface area contributed by atoms with Crippen LogP contribution >= 0.6 is 11.8 Å². The van der Waals surface area contributed by atoms with Gasteiger partial charge in [-0.15, -0.1) is 0 Å². The molecule has 0 heterocycles. The summed E-state index contributed by atoms with van der Waals surface area (Å²) in [5.74, 6) is -4.85. The average molecular weight is 369 g/mol. The number of aliphatic hydroxyl groups is 1. The van der Waals surface area contributed by atoms with Crippen LogP contribution in [0.5, 0.6) is 0 Å². The fourth-order valence-corrected chi connectivity index (χ4v) is 2.07. The summed E-state index contributed by atoms with van der Waals surface area (Å²) < 4.78 is 29.7. The van der Waals surface area contributed by atoms with Crippen LogP contribution in [-0.4, -0.2) is 75.3 Å². The molecule has 0 bridgehead atoms. The van der Waals surface area contributed by atoms with E-state index in [2.05, 4.69) is 5.32 Å². The number of aliphatic hydroxyl groups excluding tert-OH is 1. The van der Waals surface area contributed by atoms with E-state index in [0.717, 1.165) is 0 Å². The van der Waals surface area contributed by atoms with Crippen LogP contribution < -0.4 is 16.4 Å². The molecule has 0 aliphatic heterocycles. The van der Waals surface area contributed by atoms with Crippen LogP contribution in [0.2, 0.25) is 0 Å². The van der Waals surface area contributed by atoms with Crippen molar-refractivity contribution in [3.05, 3.63) is 0 Å². The first-order chi connectivity index (χ1) is 12.7. The van der Waals surface area contributed by atoms with Crippen LogP contribution in [0.3, 0.4) is 0 Å². The van der Waals surface area contributed by atoms with Gasteiger partial charge in [0.2, 0.25) is 11.8 Å². The molecule has 0 fully saturated rings. The zero-order chi connectivity index (χ0) is 22.1. The molecule has 0 radical (unpaired) electrons. The van der Waals surface area contributed by atoms with E-state index in [1.165, 1.54) is 0 Å². The molecule has 3 atom stereocenters. The summed E-state index contributed by atoms with van der Waals surface area (Å²) in [6.45, 7) is -4.71. The van der Waals surface area contributed by atoms with Gasteiger partial charge in [0.15, 0.2) is 0 Å². The topological polar surface area (TPSA) is 179 Å². The van der Waals surface area contributed by atoms with E-state index >= 15 is 0 Å².